The maximum Gasteiger partial charge on any atom is 0.329 e. The highest BCUT2D eigenvalue weighted by atomic mass is 16.5. The van der Waals surface area contributed by atoms with Gasteiger partial charge in [0.15, 0.2) is 0 Å². The second-order valence-corrected chi connectivity index (χ2v) is 2.90. The number of amides is 1. The molecule has 0 fully saturated rings. The van der Waals surface area contributed by atoms with E-state index in [4.69, 9.17) is 11.5 Å². The highest BCUT2D eigenvalue weighted by Crippen LogP contribution is 1.91. The predicted octanol–water partition coefficient (Wildman–Crippen LogP) is 0.00730. The maximum atomic E-state index is 11.0. The van der Waals surface area contributed by atoms with Gasteiger partial charge in [0.25, 0.3) is 0 Å². The van der Waals surface area contributed by atoms with E-state index in [1.165, 1.54) is 0 Å². The van der Waals surface area contributed by atoms with E-state index in [0.29, 0.717) is 13.0 Å². The molecule has 0 heterocycles. The summed E-state index contributed by atoms with van der Waals surface area (Å²) in [5, 5.41) is 10.8. The van der Waals surface area contributed by atoms with E-state index in [9.17, 15) is 9.59 Å². The molecular weight excluding hydrogens is 198 g/mol. The summed E-state index contributed by atoms with van der Waals surface area (Å²) in [7, 11) is 0. The van der Waals surface area contributed by atoms with Crippen molar-refractivity contribution < 1.29 is 19.4 Å². The molecule has 0 aromatic rings. The van der Waals surface area contributed by atoms with Crippen LogP contribution in [0.4, 0.5) is 0 Å². The van der Waals surface area contributed by atoms with Crippen LogP contribution in [0.1, 0.15) is 19.3 Å². The second-order valence-electron chi connectivity index (χ2n) is 2.90. The topological polar surface area (TPSA) is 75.6 Å². The minimum atomic E-state index is -1.09. The number of carbonyl (C=O) groups is 2. The lowest BCUT2D eigenvalue weighted by atomic mass is 10.2. The fraction of sp³-hybridized carbons (Fsp3) is 0.600. The number of carboxylic acid groups (broad SMARTS) is 1. The van der Waals surface area contributed by atoms with Crippen LogP contribution in [0.15, 0.2) is 0 Å². The van der Waals surface area contributed by atoms with Crippen molar-refractivity contribution in [3.8, 4) is 12.3 Å². The molecule has 0 aliphatic carbocycles. The van der Waals surface area contributed by atoms with Crippen molar-refractivity contribution in [2.24, 2.45) is 0 Å². The van der Waals surface area contributed by atoms with E-state index >= 15 is 0 Å². The van der Waals surface area contributed by atoms with Gasteiger partial charge >= 0.3 is 5.97 Å². The minimum Gasteiger partial charge on any atom is -0.480 e. The first-order chi connectivity index (χ1) is 7.16. The lowest BCUT2D eigenvalue weighted by molar-refractivity contribution is -0.143. The molecule has 0 aromatic heterocycles. The summed E-state index contributed by atoms with van der Waals surface area (Å²) >= 11 is 0. The van der Waals surface area contributed by atoms with Gasteiger partial charge in [-0.25, -0.2) is 4.79 Å². The Hall–Kier alpha value is -1.54. The van der Waals surface area contributed by atoms with Crippen LogP contribution in [0.25, 0.3) is 0 Å². The van der Waals surface area contributed by atoms with Gasteiger partial charge in [-0.05, 0) is 12.8 Å². The molecule has 0 saturated heterocycles. The first-order valence-corrected chi connectivity index (χ1v) is 4.66. The molecule has 1 amide bonds. The van der Waals surface area contributed by atoms with Crippen LogP contribution < -0.4 is 5.32 Å². The number of carboxylic acids is 1. The summed E-state index contributed by atoms with van der Waals surface area (Å²) in [5.41, 5.74) is 0. The zero-order chi connectivity index (χ0) is 11.5. The van der Waals surface area contributed by atoms with Gasteiger partial charge in [0.05, 0.1) is 0 Å². The number of unbranched alkanes of at least 4 members (excludes halogenated alkanes) is 2. The molecule has 5 heteroatoms. The number of ether oxygens (including phenoxy) is 1. The number of aliphatic carboxylic acids is 1. The summed E-state index contributed by atoms with van der Waals surface area (Å²) in [6.45, 7) is -0.136. The molecule has 15 heavy (non-hydrogen) atoms. The Balaban J connectivity index is 3.27. The van der Waals surface area contributed by atoms with Crippen molar-refractivity contribution >= 4 is 11.9 Å². The van der Waals surface area contributed by atoms with E-state index in [1.54, 1.807) is 0 Å². The van der Waals surface area contributed by atoms with Gasteiger partial charge < -0.3 is 15.2 Å². The van der Waals surface area contributed by atoms with E-state index in [1.807, 2.05) is 0 Å². The second kappa shape index (κ2) is 9.03. The molecule has 0 unspecified atom stereocenters. The number of terminal acetylenes is 1. The van der Waals surface area contributed by atoms with Crippen LogP contribution in [-0.2, 0) is 14.3 Å². The van der Waals surface area contributed by atoms with Crippen molar-refractivity contribution in [3.05, 3.63) is 0 Å². The van der Waals surface area contributed by atoms with Gasteiger partial charge in [-0.2, -0.15) is 0 Å². The molecule has 0 aliphatic rings. The zero-order valence-corrected chi connectivity index (χ0v) is 8.49. The summed E-state index contributed by atoms with van der Waals surface area (Å²) in [5.74, 6) is 1.11. The number of nitrogens with one attached hydrogen (secondary N) is 1. The fourth-order valence-electron chi connectivity index (χ4n) is 0.862. The Labute approximate surface area is 88.8 Å². The Morgan fingerprint density at radius 3 is 2.67 bits per heavy atom. The normalized spacial score (nSPS) is 9.27. The van der Waals surface area contributed by atoms with Crippen molar-refractivity contribution in [1.29, 1.82) is 0 Å². The summed E-state index contributed by atoms with van der Waals surface area (Å²) in [6, 6.07) is 0. The molecule has 0 saturated carbocycles. The van der Waals surface area contributed by atoms with E-state index in [0.717, 1.165) is 12.8 Å². The molecule has 0 radical (unpaired) electrons. The molecular formula is C10H15NO4. The van der Waals surface area contributed by atoms with E-state index in [2.05, 4.69) is 16.0 Å². The highest BCUT2D eigenvalue weighted by Gasteiger charge is 2.02. The van der Waals surface area contributed by atoms with Crippen LogP contribution >= 0.6 is 0 Å². The Morgan fingerprint density at radius 2 is 2.07 bits per heavy atom. The van der Waals surface area contributed by atoms with Crippen LogP contribution in [0, 0.1) is 12.3 Å². The molecule has 0 aliphatic heterocycles. The largest absolute Gasteiger partial charge is 0.480 e. The SMILES string of the molecule is C#CCCCCNC(=O)COCC(=O)O. The first-order valence-electron chi connectivity index (χ1n) is 4.66. The third-order valence-corrected chi connectivity index (χ3v) is 1.53. The quantitative estimate of drug-likeness (QED) is 0.440. The first kappa shape index (κ1) is 13.5. The zero-order valence-electron chi connectivity index (χ0n) is 8.49. The van der Waals surface area contributed by atoms with Crippen molar-refractivity contribution in [3.63, 3.8) is 0 Å². The van der Waals surface area contributed by atoms with Crippen LogP contribution in [0.3, 0.4) is 0 Å². The molecule has 0 rings (SSSR count). The van der Waals surface area contributed by atoms with Crippen molar-refractivity contribution in [2.45, 2.75) is 19.3 Å². The summed E-state index contributed by atoms with van der Waals surface area (Å²) in [6.07, 6.45) is 7.43. The molecule has 0 spiro atoms. The van der Waals surface area contributed by atoms with Crippen molar-refractivity contribution in [1.82, 2.24) is 5.32 Å². The molecule has 0 aromatic carbocycles. The van der Waals surface area contributed by atoms with Crippen LogP contribution in [0.5, 0.6) is 0 Å². The molecule has 5 nitrogen and oxygen atoms in total. The maximum absolute atomic E-state index is 11.0. The Kier molecular flexibility index (Phi) is 8.10. The minimum absolute atomic E-state index is 0.221. The summed E-state index contributed by atoms with van der Waals surface area (Å²) in [4.78, 5) is 21.0. The van der Waals surface area contributed by atoms with Gasteiger partial charge in [-0.15, -0.1) is 12.3 Å². The predicted molar refractivity (Wildman–Crippen MR) is 54.1 cm³/mol. The van der Waals surface area contributed by atoms with Crippen LogP contribution in [-0.4, -0.2) is 36.7 Å². The number of hydrogen-bond donors (Lipinski definition) is 2. The van der Waals surface area contributed by atoms with Gasteiger partial charge in [0.2, 0.25) is 5.91 Å². The van der Waals surface area contributed by atoms with Gasteiger partial charge in [-0.3, -0.25) is 4.79 Å². The average Bonchev–Trinajstić information content (AvgIpc) is 2.17. The smallest absolute Gasteiger partial charge is 0.329 e. The lowest BCUT2D eigenvalue weighted by Crippen LogP contribution is -2.29. The Bertz CT molecular complexity index is 244. The van der Waals surface area contributed by atoms with Gasteiger partial charge in [0, 0.05) is 13.0 Å². The standard InChI is InChI=1S/C10H15NO4/c1-2-3-4-5-6-11-9(12)7-15-8-10(13)14/h1H,3-8H2,(H,11,12)(H,13,14). The van der Waals surface area contributed by atoms with Crippen molar-refractivity contribution in [2.75, 3.05) is 19.8 Å². The number of hydrogen-bond acceptors (Lipinski definition) is 3. The third kappa shape index (κ3) is 10.4. The molecule has 84 valence electrons. The van der Waals surface area contributed by atoms with E-state index < -0.39 is 12.6 Å². The number of carbonyl (C=O) groups excluding carboxylic acids is 1. The van der Waals surface area contributed by atoms with Gasteiger partial charge in [-0.1, -0.05) is 0 Å². The molecule has 0 bridgehead atoms. The third-order valence-electron chi connectivity index (χ3n) is 1.53. The highest BCUT2D eigenvalue weighted by molar-refractivity contribution is 5.77. The van der Waals surface area contributed by atoms with Gasteiger partial charge in [0.1, 0.15) is 13.2 Å². The number of rotatable bonds is 8. The Morgan fingerprint density at radius 1 is 1.33 bits per heavy atom. The average molecular weight is 213 g/mol. The van der Waals surface area contributed by atoms with Crippen LogP contribution in [0.2, 0.25) is 0 Å². The fourth-order valence-corrected chi connectivity index (χ4v) is 0.862. The monoisotopic (exact) mass is 213 g/mol. The lowest BCUT2D eigenvalue weighted by Gasteiger charge is -2.03. The molecule has 0 atom stereocenters. The van der Waals surface area contributed by atoms with E-state index in [-0.39, 0.29) is 12.5 Å². The summed E-state index contributed by atoms with van der Waals surface area (Å²) < 4.78 is 4.59. The molecule has 2 N–H and O–H groups in total.